The molecule has 0 aromatic heterocycles. The van der Waals surface area contributed by atoms with Crippen LogP contribution in [0.15, 0.2) is 54.6 Å². The fourth-order valence-corrected chi connectivity index (χ4v) is 2.40. The first-order chi connectivity index (χ1) is 10.7. The molecular weight excluding hydrogens is 280 g/mol. The van der Waals surface area contributed by atoms with Crippen molar-refractivity contribution in [3.05, 3.63) is 65.7 Å². The summed E-state index contributed by atoms with van der Waals surface area (Å²) in [5, 5.41) is 0. The van der Waals surface area contributed by atoms with Crippen molar-refractivity contribution in [2.45, 2.75) is 12.2 Å². The van der Waals surface area contributed by atoms with Crippen molar-refractivity contribution in [1.29, 1.82) is 0 Å². The van der Waals surface area contributed by atoms with E-state index in [4.69, 9.17) is 14.2 Å². The van der Waals surface area contributed by atoms with Crippen molar-refractivity contribution in [2.75, 3.05) is 21.3 Å². The summed E-state index contributed by atoms with van der Waals surface area (Å²) in [6.45, 7) is 0. The van der Waals surface area contributed by atoms with Gasteiger partial charge in [0, 0.05) is 19.8 Å². The topological polar surface area (TPSA) is 44.8 Å². The van der Waals surface area contributed by atoms with Gasteiger partial charge < -0.3 is 14.2 Å². The second-order valence-corrected chi connectivity index (χ2v) is 4.82. The van der Waals surface area contributed by atoms with Crippen LogP contribution < -0.4 is 4.74 Å². The fraction of sp³-hybridized carbons (Fsp3) is 0.278. The molecule has 2 rings (SSSR count). The Balaban J connectivity index is 2.37. The number of ketones is 1. The van der Waals surface area contributed by atoms with Crippen LogP contribution in [0.1, 0.15) is 21.8 Å². The van der Waals surface area contributed by atoms with E-state index >= 15 is 0 Å². The quantitative estimate of drug-likeness (QED) is 0.581. The van der Waals surface area contributed by atoms with E-state index in [1.807, 2.05) is 30.3 Å². The summed E-state index contributed by atoms with van der Waals surface area (Å²) in [4.78, 5) is 12.9. The second kappa shape index (κ2) is 7.73. The fourth-order valence-electron chi connectivity index (χ4n) is 2.40. The largest absolute Gasteiger partial charge is 0.497 e. The second-order valence-electron chi connectivity index (χ2n) is 4.82. The maximum atomic E-state index is 12.9. The first kappa shape index (κ1) is 16.2. The van der Waals surface area contributed by atoms with Crippen LogP contribution in [0.2, 0.25) is 0 Å². The van der Waals surface area contributed by atoms with Gasteiger partial charge in [-0.1, -0.05) is 30.3 Å². The lowest BCUT2D eigenvalue weighted by atomic mass is 9.90. The lowest BCUT2D eigenvalue weighted by Gasteiger charge is -2.24. The highest BCUT2D eigenvalue weighted by Gasteiger charge is 2.30. The van der Waals surface area contributed by atoms with E-state index in [0.29, 0.717) is 11.3 Å². The van der Waals surface area contributed by atoms with Gasteiger partial charge in [-0.05, 0) is 29.8 Å². The summed E-state index contributed by atoms with van der Waals surface area (Å²) in [5.41, 5.74) is 1.45. The predicted molar refractivity (Wildman–Crippen MR) is 84.3 cm³/mol. The summed E-state index contributed by atoms with van der Waals surface area (Å²) in [5.74, 6) is 0.134. The summed E-state index contributed by atoms with van der Waals surface area (Å²) in [6.07, 6.45) is -0.642. The number of methoxy groups -OCH3 is 3. The number of carbonyl (C=O) groups is 1. The van der Waals surface area contributed by atoms with E-state index < -0.39 is 12.2 Å². The third-order valence-electron chi connectivity index (χ3n) is 3.55. The van der Waals surface area contributed by atoms with Gasteiger partial charge in [0.15, 0.2) is 12.1 Å². The van der Waals surface area contributed by atoms with Crippen molar-refractivity contribution < 1.29 is 19.0 Å². The zero-order valence-corrected chi connectivity index (χ0v) is 13.0. The van der Waals surface area contributed by atoms with E-state index in [2.05, 4.69) is 0 Å². The third-order valence-corrected chi connectivity index (χ3v) is 3.55. The summed E-state index contributed by atoms with van der Waals surface area (Å²) in [7, 11) is 4.66. The SMILES string of the molecule is COc1ccc(C(=O)[C@H](c2ccccc2)C(OC)OC)cc1. The minimum Gasteiger partial charge on any atom is -0.497 e. The van der Waals surface area contributed by atoms with Crippen LogP contribution in [0.3, 0.4) is 0 Å². The molecule has 22 heavy (non-hydrogen) atoms. The van der Waals surface area contributed by atoms with Crippen LogP contribution >= 0.6 is 0 Å². The molecule has 0 saturated carbocycles. The average molecular weight is 300 g/mol. The van der Waals surface area contributed by atoms with Gasteiger partial charge in [0.2, 0.25) is 0 Å². The molecule has 0 bridgehead atoms. The molecule has 2 aromatic carbocycles. The van der Waals surface area contributed by atoms with Gasteiger partial charge in [-0.25, -0.2) is 0 Å². The molecule has 0 fully saturated rings. The van der Waals surface area contributed by atoms with E-state index in [9.17, 15) is 4.79 Å². The number of Topliss-reactive ketones (excluding diaryl/α,β-unsaturated/α-hetero) is 1. The maximum absolute atomic E-state index is 12.9. The van der Waals surface area contributed by atoms with Gasteiger partial charge in [0.25, 0.3) is 0 Å². The molecule has 2 aromatic rings. The molecule has 116 valence electrons. The standard InChI is InChI=1S/C18H20O4/c1-20-15-11-9-14(10-12-15)17(19)16(18(21-2)22-3)13-7-5-4-6-8-13/h4-12,16,18H,1-3H3/t16-/m0/s1. The van der Waals surface area contributed by atoms with Gasteiger partial charge in [0.1, 0.15) is 5.75 Å². The van der Waals surface area contributed by atoms with Crippen molar-refractivity contribution >= 4 is 5.78 Å². The monoisotopic (exact) mass is 300 g/mol. The Bertz CT molecular complexity index is 588. The predicted octanol–water partition coefficient (Wildman–Crippen LogP) is 3.28. The molecule has 0 radical (unpaired) electrons. The minimum atomic E-state index is -0.642. The summed E-state index contributed by atoms with van der Waals surface area (Å²) < 4.78 is 15.8. The van der Waals surface area contributed by atoms with Crippen molar-refractivity contribution in [3.8, 4) is 5.75 Å². The Kier molecular flexibility index (Phi) is 5.69. The highest BCUT2D eigenvalue weighted by molar-refractivity contribution is 6.01. The minimum absolute atomic E-state index is 0.0532. The van der Waals surface area contributed by atoms with Crippen LogP contribution in [-0.4, -0.2) is 33.4 Å². The third kappa shape index (κ3) is 3.53. The number of hydrogen-bond acceptors (Lipinski definition) is 4. The lowest BCUT2D eigenvalue weighted by Crippen LogP contribution is -2.29. The summed E-state index contributed by atoms with van der Waals surface area (Å²) in [6, 6.07) is 16.5. The Labute approximate surface area is 130 Å². The molecule has 0 unspecified atom stereocenters. The molecule has 4 nitrogen and oxygen atoms in total. The Morgan fingerprint density at radius 1 is 0.864 bits per heavy atom. The van der Waals surface area contributed by atoms with Gasteiger partial charge >= 0.3 is 0 Å². The van der Waals surface area contributed by atoms with E-state index in [0.717, 1.165) is 5.56 Å². The van der Waals surface area contributed by atoms with E-state index in [1.165, 1.54) is 14.2 Å². The van der Waals surface area contributed by atoms with Gasteiger partial charge in [0.05, 0.1) is 13.0 Å². The highest BCUT2D eigenvalue weighted by atomic mass is 16.7. The Morgan fingerprint density at radius 3 is 1.95 bits per heavy atom. The molecule has 0 heterocycles. The lowest BCUT2D eigenvalue weighted by molar-refractivity contribution is -0.110. The zero-order chi connectivity index (χ0) is 15.9. The van der Waals surface area contributed by atoms with Crippen molar-refractivity contribution in [1.82, 2.24) is 0 Å². The normalized spacial score (nSPS) is 12.2. The van der Waals surface area contributed by atoms with E-state index in [1.54, 1.807) is 31.4 Å². The molecule has 0 aliphatic carbocycles. The molecule has 0 N–H and O–H groups in total. The number of carbonyl (C=O) groups excluding carboxylic acids is 1. The number of ether oxygens (including phenoxy) is 3. The number of rotatable bonds is 7. The smallest absolute Gasteiger partial charge is 0.175 e. The Morgan fingerprint density at radius 2 is 1.45 bits per heavy atom. The van der Waals surface area contributed by atoms with Crippen molar-refractivity contribution in [2.24, 2.45) is 0 Å². The van der Waals surface area contributed by atoms with Crippen LogP contribution in [0, 0.1) is 0 Å². The molecule has 1 atom stereocenters. The number of benzene rings is 2. The molecule has 0 saturated heterocycles. The molecule has 4 heteroatoms. The van der Waals surface area contributed by atoms with Crippen LogP contribution in [0.25, 0.3) is 0 Å². The molecule has 0 aliphatic rings. The molecule has 0 spiro atoms. The molecular formula is C18H20O4. The molecule has 0 amide bonds. The average Bonchev–Trinajstić information content (AvgIpc) is 2.60. The molecule has 0 aliphatic heterocycles. The van der Waals surface area contributed by atoms with Gasteiger partial charge in [-0.2, -0.15) is 0 Å². The van der Waals surface area contributed by atoms with Gasteiger partial charge in [-0.15, -0.1) is 0 Å². The number of hydrogen-bond donors (Lipinski definition) is 0. The Hall–Kier alpha value is -2.17. The van der Waals surface area contributed by atoms with Crippen molar-refractivity contribution in [3.63, 3.8) is 0 Å². The zero-order valence-electron chi connectivity index (χ0n) is 13.0. The van der Waals surface area contributed by atoms with Gasteiger partial charge in [-0.3, -0.25) is 4.79 Å². The van der Waals surface area contributed by atoms with Crippen LogP contribution in [0.4, 0.5) is 0 Å². The first-order valence-corrected chi connectivity index (χ1v) is 7.00. The summed E-state index contributed by atoms with van der Waals surface area (Å²) >= 11 is 0. The van der Waals surface area contributed by atoms with E-state index in [-0.39, 0.29) is 5.78 Å². The van der Waals surface area contributed by atoms with Crippen LogP contribution in [0.5, 0.6) is 5.75 Å². The first-order valence-electron chi connectivity index (χ1n) is 7.00. The van der Waals surface area contributed by atoms with Crippen LogP contribution in [-0.2, 0) is 9.47 Å². The maximum Gasteiger partial charge on any atom is 0.175 e. The highest BCUT2D eigenvalue weighted by Crippen LogP contribution is 2.27.